The summed E-state index contributed by atoms with van der Waals surface area (Å²) in [6.07, 6.45) is 3.80. The summed E-state index contributed by atoms with van der Waals surface area (Å²) in [6.45, 7) is 5.86. The van der Waals surface area contributed by atoms with Crippen molar-refractivity contribution in [1.82, 2.24) is 5.32 Å². The van der Waals surface area contributed by atoms with Crippen LogP contribution in [0.15, 0.2) is 12.7 Å². The van der Waals surface area contributed by atoms with Crippen molar-refractivity contribution in [3.05, 3.63) is 12.7 Å². The molecular weight excluding hydrogens is 238 g/mol. The van der Waals surface area contributed by atoms with E-state index in [9.17, 15) is 9.59 Å². The normalized spacial score (nSPS) is 18.2. The lowest BCUT2D eigenvalue weighted by Gasteiger charge is -2.15. The van der Waals surface area contributed by atoms with Gasteiger partial charge in [-0.3, -0.25) is 9.59 Å². The number of carbonyl (C=O) groups excluding carboxylic acids is 1. The van der Waals surface area contributed by atoms with Gasteiger partial charge in [0, 0.05) is 12.3 Å². The number of rotatable bonds is 8. The topological polar surface area (TPSA) is 66.4 Å². The molecule has 4 nitrogen and oxygen atoms in total. The Labute approximate surface area is 106 Å². The van der Waals surface area contributed by atoms with Crippen LogP contribution in [0.25, 0.3) is 0 Å². The molecule has 1 aliphatic rings. The molecule has 5 heteroatoms. The minimum atomic E-state index is -0.744. The average molecular weight is 257 g/mol. The Balaban J connectivity index is 2.27. The third-order valence-corrected chi connectivity index (χ3v) is 4.41. The minimum Gasteiger partial charge on any atom is -0.481 e. The monoisotopic (exact) mass is 257 g/mol. The Morgan fingerprint density at radius 2 is 2.24 bits per heavy atom. The van der Waals surface area contributed by atoms with E-state index in [2.05, 4.69) is 11.9 Å². The second-order valence-electron chi connectivity index (χ2n) is 4.56. The van der Waals surface area contributed by atoms with Crippen LogP contribution in [-0.4, -0.2) is 34.5 Å². The van der Waals surface area contributed by atoms with Gasteiger partial charge in [-0.05, 0) is 25.2 Å². The molecule has 1 aliphatic carbocycles. The molecule has 0 saturated heterocycles. The summed E-state index contributed by atoms with van der Waals surface area (Å²) in [5.74, 6) is -0.00463. The van der Waals surface area contributed by atoms with E-state index < -0.39 is 5.97 Å². The first kappa shape index (κ1) is 14.1. The van der Waals surface area contributed by atoms with Crippen molar-refractivity contribution in [2.45, 2.75) is 31.4 Å². The van der Waals surface area contributed by atoms with Crippen LogP contribution >= 0.6 is 11.8 Å². The molecule has 1 rings (SSSR count). The zero-order valence-electron chi connectivity index (χ0n) is 10.1. The van der Waals surface area contributed by atoms with E-state index in [1.54, 1.807) is 6.08 Å². The summed E-state index contributed by atoms with van der Waals surface area (Å²) < 4.78 is 0. The lowest BCUT2D eigenvalue weighted by atomic mass is 10.1. The molecule has 1 unspecified atom stereocenters. The van der Waals surface area contributed by atoms with Crippen LogP contribution < -0.4 is 5.32 Å². The Bertz CT molecular complexity index is 313. The number of aliphatic carboxylic acids is 1. The Morgan fingerprint density at radius 1 is 1.59 bits per heavy atom. The summed E-state index contributed by atoms with van der Waals surface area (Å²) in [7, 11) is 0. The van der Waals surface area contributed by atoms with Crippen molar-refractivity contribution in [2.75, 3.05) is 12.3 Å². The van der Waals surface area contributed by atoms with E-state index in [0.717, 1.165) is 18.6 Å². The molecule has 1 saturated carbocycles. The molecule has 1 fully saturated rings. The van der Waals surface area contributed by atoms with E-state index in [4.69, 9.17) is 5.11 Å². The molecule has 96 valence electrons. The van der Waals surface area contributed by atoms with Crippen LogP contribution in [-0.2, 0) is 9.59 Å². The molecule has 0 heterocycles. The largest absolute Gasteiger partial charge is 0.481 e. The smallest absolute Gasteiger partial charge is 0.303 e. The summed E-state index contributed by atoms with van der Waals surface area (Å²) in [4.78, 5) is 22.2. The van der Waals surface area contributed by atoms with Crippen molar-refractivity contribution >= 4 is 23.6 Å². The van der Waals surface area contributed by atoms with E-state index in [-0.39, 0.29) is 23.0 Å². The Kier molecular flexibility index (Phi) is 5.05. The highest BCUT2D eigenvalue weighted by atomic mass is 32.2. The van der Waals surface area contributed by atoms with Gasteiger partial charge in [-0.1, -0.05) is 6.08 Å². The van der Waals surface area contributed by atoms with Crippen molar-refractivity contribution in [1.29, 1.82) is 0 Å². The highest BCUT2D eigenvalue weighted by Gasteiger charge is 2.44. The molecule has 0 aromatic heterocycles. The first-order chi connectivity index (χ1) is 7.99. The molecule has 0 aromatic carbocycles. The molecular formula is C12H19NO3S. The SMILES string of the molecule is C=CCNC(=O)C(C)SCC1(CC(=O)O)CC1. The fourth-order valence-corrected chi connectivity index (χ4v) is 2.79. The van der Waals surface area contributed by atoms with Gasteiger partial charge in [-0.25, -0.2) is 0 Å². The number of hydrogen-bond donors (Lipinski definition) is 2. The average Bonchev–Trinajstić information content (AvgIpc) is 3.02. The quantitative estimate of drug-likeness (QED) is 0.649. The highest BCUT2D eigenvalue weighted by Crippen LogP contribution is 2.51. The fourth-order valence-electron chi connectivity index (χ4n) is 1.56. The Hall–Kier alpha value is -0.970. The van der Waals surface area contributed by atoms with Gasteiger partial charge in [0.25, 0.3) is 0 Å². The van der Waals surface area contributed by atoms with Gasteiger partial charge in [0.15, 0.2) is 0 Å². The third-order valence-electron chi connectivity index (χ3n) is 2.91. The lowest BCUT2D eigenvalue weighted by molar-refractivity contribution is -0.138. The predicted molar refractivity (Wildman–Crippen MR) is 69.0 cm³/mol. The van der Waals surface area contributed by atoms with Crippen LogP contribution in [0, 0.1) is 5.41 Å². The number of amides is 1. The second-order valence-corrected chi connectivity index (χ2v) is 5.89. The third kappa shape index (κ3) is 4.81. The lowest BCUT2D eigenvalue weighted by Crippen LogP contribution is -2.31. The molecule has 1 atom stereocenters. The van der Waals surface area contributed by atoms with Crippen molar-refractivity contribution < 1.29 is 14.7 Å². The number of carbonyl (C=O) groups is 2. The van der Waals surface area contributed by atoms with Crippen LogP contribution in [0.4, 0.5) is 0 Å². The molecule has 2 N–H and O–H groups in total. The van der Waals surface area contributed by atoms with Crippen molar-refractivity contribution in [3.8, 4) is 0 Å². The van der Waals surface area contributed by atoms with Crippen LogP contribution in [0.5, 0.6) is 0 Å². The summed E-state index contributed by atoms with van der Waals surface area (Å²) in [5, 5.41) is 11.4. The fraction of sp³-hybridized carbons (Fsp3) is 0.667. The van der Waals surface area contributed by atoms with Gasteiger partial charge >= 0.3 is 5.97 Å². The van der Waals surface area contributed by atoms with Crippen LogP contribution in [0.2, 0.25) is 0 Å². The molecule has 0 bridgehead atoms. The van der Waals surface area contributed by atoms with Gasteiger partial charge < -0.3 is 10.4 Å². The van der Waals surface area contributed by atoms with Gasteiger partial charge in [-0.15, -0.1) is 18.3 Å². The van der Waals surface area contributed by atoms with Crippen LogP contribution in [0.3, 0.4) is 0 Å². The number of carboxylic acids is 1. The number of thioether (sulfide) groups is 1. The summed E-state index contributed by atoms with van der Waals surface area (Å²) in [6, 6.07) is 0. The maximum absolute atomic E-state index is 11.6. The second kappa shape index (κ2) is 6.10. The van der Waals surface area contributed by atoms with Crippen molar-refractivity contribution in [3.63, 3.8) is 0 Å². The Morgan fingerprint density at radius 3 is 2.71 bits per heavy atom. The predicted octanol–water partition coefficient (Wildman–Crippen LogP) is 1.67. The molecule has 0 spiro atoms. The van der Waals surface area contributed by atoms with E-state index in [1.165, 1.54) is 11.8 Å². The molecule has 0 aromatic rings. The van der Waals surface area contributed by atoms with E-state index >= 15 is 0 Å². The van der Waals surface area contributed by atoms with E-state index in [0.29, 0.717) is 6.54 Å². The van der Waals surface area contributed by atoms with Gasteiger partial charge in [0.2, 0.25) is 5.91 Å². The zero-order chi connectivity index (χ0) is 12.9. The first-order valence-electron chi connectivity index (χ1n) is 5.71. The maximum Gasteiger partial charge on any atom is 0.303 e. The maximum atomic E-state index is 11.6. The number of nitrogens with one attached hydrogen (secondary N) is 1. The van der Waals surface area contributed by atoms with Gasteiger partial charge in [0.1, 0.15) is 0 Å². The number of carboxylic acid groups (broad SMARTS) is 1. The molecule has 1 amide bonds. The summed E-state index contributed by atoms with van der Waals surface area (Å²) >= 11 is 1.54. The minimum absolute atomic E-state index is 0.0129. The standard InChI is InChI=1S/C12H19NO3S/c1-3-6-13-11(16)9(2)17-8-12(4-5-12)7-10(14)15/h3,9H,1,4-8H2,2H3,(H,13,16)(H,14,15). The molecule has 0 radical (unpaired) electrons. The van der Waals surface area contributed by atoms with E-state index in [1.807, 2.05) is 6.92 Å². The highest BCUT2D eigenvalue weighted by molar-refractivity contribution is 8.00. The first-order valence-corrected chi connectivity index (χ1v) is 6.76. The number of hydrogen-bond acceptors (Lipinski definition) is 3. The summed E-state index contributed by atoms with van der Waals surface area (Å²) in [5.41, 5.74) is -0.0521. The van der Waals surface area contributed by atoms with Crippen LogP contribution in [0.1, 0.15) is 26.2 Å². The zero-order valence-corrected chi connectivity index (χ0v) is 10.9. The van der Waals surface area contributed by atoms with Crippen molar-refractivity contribution in [2.24, 2.45) is 5.41 Å². The van der Waals surface area contributed by atoms with Gasteiger partial charge in [0.05, 0.1) is 11.7 Å². The van der Waals surface area contributed by atoms with Gasteiger partial charge in [-0.2, -0.15) is 0 Å². The molecule has 17 heavy (non-hydrogen) atoms. The molecule has 0 aliphatic heterocycles.